The lowest BCUT2D eigenvalue weighted by Crippen LogP contribution is -2.13. The second kappa shape index (κ2) is 7.14. The third-order valence-corrected chi connectivity index (χ3v) is 4.10. The van der Waals surface area contributed by atoms with Crippen LogP contribution in [0.25, 0.3) is 11.5 Å². The smallest absolute Gasteiger partial charge is 0.322 e. The first-order chi connectivity index (χ1) is 11.7. The first kappa shape index (κ1) is 16.0. The largest absolute Gasteiger partial charge is 0.497 e. The first-order valence-corrected chi connectivity index (χ1v) is 7.95. The number of hydrogen-bond donors (Lipinski definition) is 1. The Hall–Kier alpha value is -2.87. The number of amides is 1. The Kier molecular flexibility index (Phi) is 4.76. The highest BCUT2D eigenvalue weighted by Crippen LogP contribution is 2.33. The molecule has 3 rings (SSSR count). The van der Waals surface area contributed by atoms with Gasteiger partial charge in [-0.05, 0) is 23.6 Å². The van der Waals surface area contributed by atoms with Gasteiger partial charge in [-0.3, -0.25) is 10.1 Å². The topological polar surface area (TPSA) is 86.5 Å². The van der Waals surface area contributed by atoms with E-state index in [0.717, 1.165) is 4.88 Å². The highest BCUT2D eigenvalue weighted by atomic mass is 32.1. The second-order valence-corrected chi connectivity index (χ2v) is 5.82. The van der Waals surface area contributed by atoms with Crippen molar-refractivity contribution in [2.45, 2.75) is 6.42 Å². The van der Waals surface area contributed by atoms with E-state index in [1.807, 2.05) is 17.5 Å². The third-order valence-electron chi connectivity index (χ3n) is 3.23. The zero-order valence-electron chi connectivity index (χ0n) is 13.1. The zero-order chi connectivity index (χ0) is 16.9. The molecule has 0 aliphatic heterocycles. The molecule has 0 radical (unpaired) electrons. The SMILES string of the molecule is COc1ccc(-c2nnc(NC(=O)Cc3cccs3)o2)c(OC)c1. The molecule has 24 heavy (non-hydrogen) atoms. The van der Waals surface area contributed by atoms with Crippen LogP contribution in [0.3, 0.4) is 0 Å². The van der Waals surface area contributed by atoms with Crippen molar-refractivity contribution in [1.29, 1.82) is 0 Å². The summed E-state index contributed by atoms with van der Waals surface area (Å²) in [5.74, 6) is 1.23. The molecule has 0 aliphatic carbocycles. The summed E-state index contributed by atoms with van der Waals surface area (Å²) in [7, 11) is 3.11. The molecule has 0 unspecified atom stereocenters. The van der Waals surface area contributed by atoms with E-state index in [-0.39, 0.29) is 24.2 Å². The molecule has 124 valence electrons. The van der Waals surface area contributed by atoms with Crippen LogP contribution >= 0.6 is 11.3 Å². The molecule has 1 amide bonds. The highest BCUT2D eigenvalue weighted by Gasteiger charge is 2.16. The predicted octanol–water partition coefficient (Wildman–Crippen LogP) is 3.00. The Labute approximate surface area is 142 Å². The number of hydrogen-bond acceptors (Lipinski definition) is 7. The van der Waals surface area contributed by atoms with Crippen molar-refractivity contribution in [2.24, 2.45) is 0 Å². The van der Waals surface area contributed by atoms with Gasteiger partial charge >= 0.3 is 6.01 Å². The van der Waals surface area contributed by atoms with Crippen LogP contribution < -0.4 is 14.8 Å². The van der Waals surface area contributed by atoms with Gasteiger partial charge in [0, 0.05) is 10.9 Å². The number of ether oxygens (including phenoxy) is 2. The van der Waals surface area contributed by atoms with Crippen LogP contribution in [0.2, 0.25) is 0 Å². The molecular weight excluding hydrogens is 330 g/mol. The van der Waals surface area contributed by atoms with E-state index in [2.05, 4.69) is 15.5 Å². The van der Waals surface area contributed by atoms with Gasteiger partial charge in [-0.1, -0.05) is 11.2 Å². The number of rotatable bonds is 6. The van der Waals surface area contributed by atoms with Gasteiger partial charge in [0.2, 0.25) is 5.91 Å². The molecule has 0 fully saturated rings. The number of anilines is 1. The van der Waals surface area contributed by atoms with Crippen LogP contribution in [0.4, 0.5) is 6.01 Å². The molecular formula is C16H15N3O4S. The maximum absolute atomic E-state index is 12.0. The van der Waals surface area contributed by atoms with E-state index in [0.29, 0.717) is 17.1 Å². The van der Waals surface area contributed by atoms with E-state index < -0.39 is 0 Å². The fourth-order valence-electron chi connectivity index (χ4n) is 2.09. The van der Waals surface area contributed by atoms with Gasteiger partial charge in [-0.2, -0.15) is 0 Å². The van der Waals surface area contributed by atoms with Crippen molar-refractivity contribution in [1.82, 2.24) is 10.2 Å². The highest BCUT2D eigenvalue weighted by molar-refractivity contribution is 7.10. The molecule has 0 saturated heterocycles. The van der Waals surface area contributed by atoms with E-state index in [4.69, 9.17) is 13.9 Å². The molecule has 0 aliphatic rings. The molecule has 1 N–H and O–H groups in total. The normalized spacial score (nSPS) is 10.4. The van der Waals surface area contributed by atoms with E-state index in [1.165, 1.54) is 11.3 Å². The lowest BCUT2D eigenvalue weighted by atomic mass is 10.2. The number of nitrogens with zero attached hydrogens (tertiary/aromatic N) is 2. The monoisotopic (exact) mass is 345 g/mol. The standard InChI is InChI=1S/C16H15N3O4S/c1-21-10-5-6-12(13(8-10)22-2)15-18-19-16(23-15)17-14(20)9-11-4-3-7-24-11/h3-8H,9H2,1-2H3,(H,17,19,20). The Balaban J connectivity index is 1.74. The van der Waals surface area contributed by atoms with Crippen LogP contribution in [-0.4, -0.2) is 30.3 Å². The summed E-state index contributed by atoms with van der Waals surface area (Å²) in [6, 6.07) is 9.07. The first-order valence-electron chi connectivity index (χ1n) is 7.07. The lowest BCUT2D eigenvalue weighted by molar-refractivity contribution is -0.115. The number of nitrogens with one attached hydrogen (secondary N) is 1. The van der Waals surface area contributed by atoms with Crippen LogP contribution in [0.1, 0.15) is 4.88 Å². The Morgan fingerprint density at radius 1 is 1.25 bits per heavy atom. The fourth-order valence-corrected chi connectivity index (χ4v) is 2.80. The second-order valence-electron chi connectivity index (χ2n) is 4.78. The van der Waals surface area contributed by atoms with Gasteiger partial charge < -0.3 is 13.9 Å². The summed E-state index contributed by atoms with van der Waals surface area (Å²) >= 11 is 1.52. The van der Waals surface area contributed by atoms with E-state index in [9.17, 15) is 4.79 Å². The number of methoxy groups -OCH3 is 2. The molecule has 2 heterocycles. The van der Waals surface area contributed by atoms with Crippen molar-refractivity contribution in [3.05, 3.63) is 40.6 Å². The van der Waals surface area contributed by atoms with Gasteiger partial charge in [0.25, 0.3) is 5.89 Å². The number of carbonyl (C=O) groups excluding carboxylic acids is 1. The zero-order valence-corrected chi connectivity index (χ0v) is 13.9. The Morgan fingerprint density at radius 2 is 2.12 bits per heavy atom. The minimum atomic E-state index is -0.214. The Bertz CT molecular complexity index is 830. The quantitative estimate of drug-likeness (QED) is 0.739. The average Bonchev–Trinajstić information content (AvgIpc) is 3.26. The summed E-state index contributed by atoms with van der Waals surface area (Å²) in [5.41, 5.74) is 0.615. The van der Waals surface area contributed by atoms with Crippen LogP contribution in [0.15, 0.2) is 40.1 Å². The molecule has 3 aromatic rings. The molecule has 1 aromatic carbocycles. The van der Waals surface area contributed by atoms with Gasteiger partial charge in [0.05, 0.1) is 26.2 Å². The molecule has 0 saturated carbocycles. The van der Waals surface area contributed by atoms with Crippen molar-refractivity contribution >= 4 is 23.3 Å². The van der Waals surface area contributed by atoms with Gasteiger partial charge in [0.15, 0.2) is 0 Å². The lowest BCUT2D eigenvalue weighted by Gasteiger charge is -2.07. The van der Waals surface area contributed by atoms with E-state index in [1.54, 1.807) is 32.4 Å². The van der Waals surface area contributed by atoms with Crippen LogP contribution in [-0.2, 0) is 11.2 Å². The predicted molar refractivity (Wildman–Crippen MR) is 89.5 cm³/mol. The van der Waals surface area contributed by atoms with Crippen molar-refractivity contribution < 1.29 is 18.7 Å². The molecule has 2 aromatic heterocycles. The number of thiophene rings is 1. The van der Waals surface area contributed by atoms with Crippen LogP contribution in [0.5, 0.6) is 11.5 Å². The average molecular weight is 345 g/mol. The maximum Gasteiger partial charge on any atom is 0.322 e. The summed E-state index contributed by atoms with van der Waals surface area (Å²) in [5, 5.41) is 12.3. The van der Waals surface area contributed by atoms with Crippen molar-refractivity contribution in [3.8, 4) is 23.0 Å². The Morgan fingerprint density at radius 3 is 2.83 bits per heavy atom. The molecule has 0 atom stereocenters. The number of carbonyl (C=O) groups is 1. The summed E-state index contributed by atoms with van der Waals surface area (Å²) in [4.78, 5) is 12.9. The fraction of sp³-hybridized carbons (Fsp3) is 0.188. The summed E-state index contributed by atoms with van der Waals surface area (Å²) < 4.78 is 16.0. The number of benzene rings is 1. The maximum atomic E-state index is 12.0. The van der Waals surface area contributed by atoms with Gasteiger partial charge in [0.1, 0.15) is 11.5 Å². The molecule has 7 nitrogen and oxygen atoms in total. The van der Waals surface area contributed by atoms with Crippen molar-refractivity contribution in [2.75, 3.05) is 19.5 Å². The van der Waals surface area contributed by atoms with Crippen LogP contribution in [0, 0.1) is 0 Å². The molecule has 8 heteroatoms. The third kappa shape index (κ3) is 3.54. The van der Waals surface area contributed by atoms with Gasteiger partial charge in [-0.25, -0.2) is 0 Å². The molecule has 0 spiro atoms. The summed E-state index contributed by atoms with van der Waals surface area (Å²) in [6.45, 7) is 0. The molecule has 0 bridgehead atoms. The number of aromatic nitrogens is 2. The minimum absolute atomic E-state index is 0.0458. The minimum Gasteiger partial charge on any atom is -0.497 e. The van der Waals surface area contributed by atoms with Crippen molar-refractivity contribution in [3.63, 3.8) is 0 Å². The summed E-state index contributed by atoms with van der Waals surface area (Å²) in [6.07, 6.45) is 0.265. The van der Waals surface area contributed by atoms with E-state index >= 15 is 0 Å². The van der Waals surface area contributed by atoms with Gasteiger partial charge in [-0.15, -0.1) is 16.4 Å².